The lowest BCUT2D eigenvalue weighted by Gasteiger charge is -2.30. The zero-order chi connectivity index (χ0) is 26.7. The van der Waals surface area contributed by atoms with Crippen molar-refractivity contribution in [3.8, 4) is 0 Å². The fourth-order valence-corrected chi connectivity index (χ4v) is 4.81. The summed E-state index contributed by atoms with van der Waals surface area (Å²) in [6.45, 7) is 3.97. The van der Waals surface area contributed by atoms with E-state index >= 15 is 0 Å². The maximum atomic E-state index is 14.5. The first kappa shape index (κ1) is 27.8. The number of Topliss-reactive ketones (excluding diaryl/α,β-unsaturated/α-hetero) is 1. The van der Waals surface area contributed by atoms with Crippen LogP contribution in [0.1, 0.15) is 65.6 Å². The van der Waals surface area contributed by atoms with Gasteiger partial charge < -0.3 is 10.2 Å². The minimum absolute atomic E-state index is 0.0658. The van der Waals surface area contributed by atoms with Crippen molar-refractivity contribution in [3.63, 3.8) is 0 Å². The Morgan fingerprint density at radius 1 is 1.11 bits per heavy atom. The van der Waals surface area contributed by atoms with Crippen LogP contribution in [0.3, 0.4) is 0 Å². The molecule has 2 atom stereocenters. The lowest BCUT2D eigenvalue weighted by atomic mass is 9.79. The molecule has 0 unspecified atom stereocenters. The predicted molar refractivity (Wildman–Crippen MR) is 131 cm³/mol. The highest BCUT2D eigenvalue weighted by atomic mass is 19.4. The van der Waals surface area contributed by atoms with E-state index in [1.54, 1.807) is 6.07 Å². The molecule has 0 aliphatic heterocycles. The van der Waals surface area contributed by atoms with Crippen molar-refractivity contribution in [3.05, 3.63) is 70.5 Å². The normalized spacial score (nSPS) is 16.5. The second-order valence-corrected chi connectivity index (χ2v) is 9.98. The number of hydrogen-bond donors (Lipinski definition) is 1. The van der Waals surface area contributed by atoms with Crippen molar-refractivity contribution in [2.75, 3.05) is 20.6 Å². The molecule has 1 N–H and O–H groups in total. The first-order chi connectivity index (χ1) is 16.9. The molecule has 1 aliphatic rings. The monoisotopic (exact) mass is 506 g/mol. The topological polar surface area (TPSA) is 49.4 Å². The van der Waals surface area contributed by atoms with Crippen molar-refractivity contribution in [1.82, 2.24) is 10.2 Å². The molecule has 0 radical (unpaired) electrons. The molecule has 0 bridgehead atoms. The third-order valence-electron chi connectivity index (χ3n) is 7.40. The minimum Gasteiger partial charge on any atom is -0.355 e. The quantitative estimate of drug-likeness (QED) is 0.308. The molecule has 0 saturated heterocycles. The Bertz CT molecular complexity index is 1090. The molecule has 0 aromatic heterocycles. The summed E-state index contributed by atoms with van der Waals surface area (Å²) in [5.41, 5.74) is 0.513. The van der Waals surface area contributed by atoms with Gasteiger partial charge >= 0.3 is 6.18 Å². The van der Waals surface area contributed by atoms with Crippen LogP contribution in [-0.2, 0) is 11.2 Å². The molecule has 2 aromatic rings. The summed E-state index contributed by atoms with van der Waals surface area (Å²) < 4.78 is 56.3. The number of nitrogens with one attached hydrogen (secondary N) is 1. The van der Waals surface area contributed by atoms with Gasteiger partial charge in [0, 0.05) is 36.9 Å². The van der Waals surface area contributed by atoms with Gasteiger partial charge in [0.05, 0.1) is 5.41 Å². The van der Waals surface area contributed by atoms with Crippen molar-refractivity contribution >= 4 is 11.7 Å². The highest BCUT2D eigenvalue weighted by molar-refractivity contribution is 5.96. The predicted octanol–water partition coefficient (Wildman–Crippen LogP) is 5.83. The highest BCUT2D eigenvalue weighted by Gasteiger charge is 2.67. The fourth-order valence-electron chi connectivity index (χ4n) is 4.81. The molecular weight excluding hydrogens is 472 g/mol. The van der Waals surface area contributed by atoms with E-state index in [2.05, 4.69) is 5.32 Å². The van der Waals surface area contributed by atoms with Crippen molar-refractivity contribution in [1.29, 1.82) is 0 Å². The molecule has 1 aliphatic carbocycles. The van der Waals surface area contributed by atoms with Crippen LogP contribution in [0.4, 0.5) is 17.6 Å². The number of carbonyl (C=O) groups is 2. The number of ketones is 1. The van der Waals surface area contributed by atoms with Gasteiger partial charge in [-0.2, -0.15) is 13.2 Å². The van der Waals surface area contributed by atoms with Crippen LogP contribution in [0.25, 0.3) is 0 Å². The maximum absolute atomic E-state index is 14.5. The Balaban J connectivity index is 1.72. The third-order valence-corrected chi connectivity index (χ3v) is 7.40. The molecule has 36 heavy (non-hydrogen) atoms. The van der Waals surface area contributed by atoms with Crippen LogP contribution in [0, 0.1) is 18.2 Å². The number of amides is 1. The van der Waals surface area contributed by atoms with Crippen molar-refractivity contribution in [2.45, 2.75) is 64.1 Å². The number of rotatable bonds is 11. The van der Waals surface area contributed by atoms with Crippen LogP contribution < -0.4 is 5.32 Å². The van der Waals surface area contributed by atoms with Gasteiger partial charge in [-0.1, -0.05) is 37.3 Å². The van der Waals surface area contributed by atoms with E-state index in [4.69, 9.17) is 0 Å². The molecule has 196 valence electrons. The Labute approximate surface area is 210 Å². The minimum atomic E-state index is -4.52. The Morgan fingerprint density at radius 2 is 1.78 bits per heavy atom. The van der Waals surface area contributed by atoms with Crippen molar-refractivity contribution in [2.24, 2.45) is 5.41 Å². The number of hydrogen-bond acceptors (Lipinski definition) is 3. The Hall–Kier alpha value is -2.74. The van der Waals surface area contributed by atoms with Crippen LogP contribution in [0.15, 0.2) is 42.5 Å². The second kappa shape index (κ2) is 11.1. The van der Waals surface area contributed by atoms with Crippen LogP contribution in [-0.4, -0.2) is 49.4 Å². The standard InChI is InChI=1S/C28H34F4N2O2/c1-5-25(35)20-11-10-19(18(2)14-20)15-21(34(3)4)17-33-26(36)16-23(22-8-6-7-9-24(22)29)27(12-13-27)28(30,31)32/h6-11,14,21,23H,5,12-13,15-17H2,1-4H3,(H,33,36)/t21-,23-/m0/s1. The van der Waals surface area contributed by atoms with E-state index in [9.17, 15) is 27.2 Å². The number of halogens is 4. The summed E-state index contributed by atoms with van der Waals surface area (Å²) in [7, 11) is 3.73. The molecule has 1 fully saturated rings. The summed E-state index contributed by atoms with van der Waals surface area (Å²) >= 11 is 0. The molecule has 2 aromatic carbocycles. The van der Waals surface area contributed by atoms with Gasteiger partial charge in [-0.3, -0.25) is 9.59 Å². The lowest BCUT2D eigenvalue weighted by molar-refractivity contribution is -0.195. The van der Waals surface area contributed by atoms with Gasteiger partial charge in [0.2, 0.25) is 5.91 Å². The molecule has 1 saturated carbocycles. The summed E-state index contributed by atoms with van der Waals surface area (Å²) in [6, 6.07) is 10.8. The summed E-state index contributed by atoms with van der Waals surface area (Å²) in [4.78, 5) is 26.8. The largest absolute Gasteiger partial charge is 0.395 e. The second-order valence-electron chi connectivity index (χ2n) is 9.98. The number of aryl methyl sites for hydroxylation is 1. The zero-order valence-electron chi connectivity index (χ0n) is 21.2. The van der Waals surface area contributed by atoms with E-state index in [1.165, 1.54) is 18.2 Å². The van der Waals surface area contributed by atoms with E-state index in [-0.39, 0.29) is 36.8 Å². The number of benzene rings is 2. The van der Waals surface area contributed by atoms with Crippen LogP contribution in [0.5, 0.6) is 0 Å². The van der Waals surface area contributed by atoms with Gasteiger partial charge in [0.1, 0.15) is 5.82 Å². The van der Waals surface area contributed by atoms with Gasteiger partial charge in [-0.15, -0.1) is 0 Å². The van der Waals surface area contributed by atoms with Gasteiger partial charge in [0.15, 0.2) is 5.78 Å². The molecule has 3 rings (SSSR count). The maximum Gasteiger partial charge on any atom is 0.395 e. The molecule has 4 nitrogen and oxygen atoms in total. The van der Waals surface area contributed by atoms with Gasteiger partial charge in [-0.25, -0.2) is 4.39 Å². The first-order valence-electron chi connectivity index (χ1n) is 12.3. The van der Waals surface area contributed by atoms with E-state index in [0.717, 1.165) is 17.2 Å². The highest BCUT2D eigenvalue weighted by Crippen LogP contribution is 2.66. The number of carbonyl (C=O) groups excluding carboxylic acids is 2. The zero-order valence-corrected chi connectivity index (χ0v) is 21.2. The first-order valence-corrected chi connectivity index (χ1v) is 12.3. The number of nitrogens with zero attached hydrogens (tertiary/aromatic N) is 1. The Morgan fingerprint density at radius 3 is 2.31 bits per heavy atom. The van der Waals surface area contributed by atoms with E-state index in [1.807, 2.05) is 45.0 Å². The fraction of sp³-hybridized carbons (Fsp3) is 0.500. The van der Waals surface area contributed by atoms with Crippen LogP contribution >= 0.6 is 0 Å². The van der Waals surface area contributed by atoms with Gasteiger partial charge in [-0.05, 0) is 69.1 Å². The van der Waals surface area contributed by atoms with Gasteiger partial charge in [0.25, 0.3) is 0 Å². The molecule has 0 spiro atoms. The summed E-state index contributed by atoms with van der Waals surface area (Å²) in [6.07, 6.45) is -4.17. The molecule has 8 heteroatoms. The third kappa shape index (κ3) is 6.14. The lowest BCUT2D eigenvalue weighted by Crippen LogP contribution is -2.43. The van der Waals surface area contributed by atoms with Crippen LogP contribution in [0.2, 0.25) is 0 Å². The SMILES string of the molecule is CCC(=O)c1ccc(C[C@@H](CNC(=O)C[C@@H](c2ccccc2F)C2(C(F)(F)F)CC2)N(C)C)c(C)c1. The van der Waals surface area contributed by atoms with E-state index in [0.29, 0.717) is 18.4 Å². The summed E-state index contributed by atoms with van der Waals surface area (Å²) in [5.74, 6) is -2.47. The average molecular weight is 507 g/mol. The van der Waals surface area contributed by atoms with Crippen molar-refractivity contribution < 1.29 is 27.2 Å². The number of alkyl halides is 3. The van der Waals surface area contributed by atoms with E-state index < -0.39 is 35.7 Å². The summed E-state index contributed by atoms with van der Waals surface area (Å²) in [5, 5.41) is 2.79. The Kier molecular flexibility index (Phi) is 8.59. The smallest absolute Gasteiger partial charge is 0.355 e. The molecule has 0 heterocycles. The molecular formula is C28H34F4N2O2. The molecule has 1 amide bonds. The number of likely N-dealkylation sites (N-methyl/N-ethyl adjacent to an activating group) is 1. The average Bonchev–Trinajstić information content (AvgIpc) is 3.63.